The topological polar surface area (TPSA) is 90.1 Å². The van der Waals surface area contributed by atoms with Gasteiger partial charge in [-0.2, -0.15) is 4.98 Å². The number of nitrogens with one attached hydrogen (secondary N) is 1. The van der Waals surface area contributed by atoms with Gasteiger partial charge in [0.25, 0.3) is 0 Å². The number of nitrogens with two attached hydrogens (primary N) is 1. The van der Waals surface area contributed by atoms with E-state index in [0.717, 1.165) is 27.7 Å². The normalized spacial score (nSPS) is 13.6. The molecule has 1 aromatic heterocycles. The fourth-order valence-electron chi connectivity index (χ4n) is 2.84. The zero-order valence-corrected chi connectivity index (χ0v) is 14.5. The van der Waals surface area contributed by atoms with E-state index in [9.17, 15) is 4.79 Å². The first-order valence-corrected chi connectivity index (χ1v) is 8.66. The molecule has 132 valence electrons. The Kier molecular flexibility index (Phi) is 4.16. The summed E-state index contributed by atoms with van der Waals surface area (Å²) in [5, 5.41) is 3.62. The highest BCUT2D eigenvalue weighted by Crippen LogP contribution is 2.33. The highest BCUT2D eigenvalue weighted by Gasteiger charge is 2.23. The van der Waals surface area contributed by atoms with Crippen LogP contribution < -0.4 is 15.8 Å². The lowest BCUT2D eigenvalue weighted by Gasteiger charge is -2.10. The molecule has 0 saturated heterocycles. The molecule has 1 heterocycles. The summed E-state index contributed by atoms with van der Waals surface area (Å²) in [6.45, 7) is 2.16. The first-order valence-electron chi connectivity index (χ1n) is 8.66. The summed E-state index contributed by atoms with van der Waals surface area (Å²) >= 11 is 0. The minimum Gasteiger partial charge on any atom is -0.477 e. The Labute approximate surface area is 151 Å². The summed E-state index contributed by atoms with van der Waals surface area (Å²) in [4.78, 5) is 19.7. The Bertz CT molecular complexity index is 965. The minimum absolute atomic E-state index is 0.0874. The average molecular weight is 348 g/mol. The summed E-state index contributed by atoms with van der Waals surface area (Å²) < 4.78 is 5.90. The van der Waals surface area contributed by atoms with Gasteiger partial charge in [-0.05, 0) is 54.2 Å². The molecular weight excluding hydrogens is 328 g/mol. The molecule has 6 heteroatoms. The zero-order chi connectivity index (χ0) is 18.1. The average Bonchev–Trinajstić information content (AvgIpc) is 3.44. The first-order chi connectivity index (χ1) is 12.6. The van der Waals surface area contributed by atoms with E-state index in [-0.39, 0.29) is 11.9 Å². The van der Waals surface area contributed by atoms with Crippen molar-refractivity contribution in [2.75, 3.05) is 17.7 Å². The number of hydrogen-bond acceptors (Lipinski definition) is 5. The van der Waals surface area contributed by atoms with Crippen LogP contribution in [0.1, 0.15) is 19.8 Å². The van der Waals surface area contributed by atoms with Crippen molar-refractivity contribution in [2.24, 2.45) is 5.92 Å². The molecule has 0 unspecified atom stereocenters. The molecule has 0 bridgehead atoms. The van der Waals surface area contributed by atoms with Crippen LogP contribution >= 0.6 is 0 Å². The maximum Gasteiger partial charge on any atom is 0.226 e. The lowest BCUT2D eigenvalue weighted by Crippen LogP contribution is -2.05. The first kappa shape index (κ1) is 16.3. The van der Waals surface area contributed by atoms with Crippen molar-refractivity contribution in [1.29, 1.82) is 0 Å². The number of nitrogens with zero attached hydrogens (tertiary/aromatic N) is 2. The van der Waals surface area contributed by atoms with E-state index >= 15 is 0 Å². The predicted molar refractivity (Wildman–Crippen MR) is 102 cm³/mol. The van der Waals surface area contributed by atoms with Gasteiger partial charge in [-0.15, -0.1) is 0 Å². The smallest absolute Gasteiger partial charge is 0.226 e. The molecule has 6 nitrogen and oxygen atoms in total. The third-order valence-corrected chi connectivity index (χ3v) is 4.37. The Morgan fingerprint density at radius 3 is 2.58 bits per heavy atom. The van der Waals surface area contributed by atoms with Gasteiger partial charge >= 0.3 is 0 Å². The van der Waals surface area contributed by atoms with Crippen LogP contribution in [-0.2, 0) is 4.79 Å². The molecule has 0 atom stereocenters. The second-order valence-corrected chi connectivity index (χ2v) is 6.63. The van der Waals surface area contributed by atoms with Gasteiger partial charge in [0, 0.05) is 12.6 Å². The van der Waals surface area contributed by atoms with Crippen LogP contribution in [-0.4, -0.2) is 22.5 Å². The van der Waals surface area contributed by atoms with Gasteiger partial charge in [0.05, 0.1) is 17.5 Å². The van der Waals surface area contributed by atoms with Gasteiger partial charge in [0.2, 0.25) is 17.7 Å². The number of hydrogen-bond donors (Lipinski definition) is 2. The number of nitrogen functional groups attached to an aromatic ring is 1. The number of anilines is 2. The number of rotatable bonds is 5. The van der Waals surface area contributed by atoms with Gasteiger partial charge in [-0.3, -0.25) is 4.79 Å². The van der Waals surface area contributed by atoms with E-state index in [1.165, 1.54) is 19.8 Å². The molecule has 0 aliphatic heterocycles. The second-order valence-electron chi connectivity index (χ2n) is 6.63. The summed E-state index contributed by atoms with van der Waals surface area (Å²) in [6.07, 6.45) is 2.43. The van der Waals surface area contributed by atoms with Crippen molar-refractivity contribution >= 4 is 28.4 Å². The zero-order valence-electron chi connectivity index (χ0n) is 14.5. The molecule has 1 fully saturated rings. The fraction of sp³-hybridized carbons (Fsp3) is 0.250. The molecule has 26 heavy (non-hydrogen) atoms. The summed E-state index contributed by atoms with van der Waals surface area (Å²) in [6, 6.07) is 13.6. The number of fused-ring (bicyclic) bond motifs is 1. The Balaban J connectivity index is 1.68. The number of ether oxygens (including phenoxy) is 1. The molecule has 0 spiro atoms. The SMILES string of the molecule is CC(=O)Nc1ccc(-c2ccc3nc(N)nc(OCC4CC4)c3c2)cc1. The molecule has 3 N–H and O–H groups in total. The fourth-order valence-corrected chi connectivity index (χ4v) is 2.84. The van der Waals surface area contributed by atoms with Gasteiger partial charge in [-0.1, -0.05) is 18.2 Å². The standard InChI is InChI=1S/C20H20N4O2/c1-12(25)22-16-7-4-14(5-8-16)15-6-9-18-17(10-15)19(24-20(21)23-18)26-11-13-2-3-13/h4-10,13H,2-3,11H2,1H3,(H,22,25)(H2,21,23,24). The van der Waals surface area contributed by atoms with Crippen molar-refractivity contribution < 1.29 is 9.53 Å². The molecule has 1 amide bonds. The molecular formula is C20H20N4O2. The Morgan fingerprint density at radius 2 is 1.88 bits per heavy atom. The van der Waals surface area contributed by atoms with Crippen LogP contribution in [0, 0.1) is 5.92 Å². The quantitative estimate of drug-likeness (QED) is 0.735. The van der Waals surface area contributed by atoms with E-state index in [1.54, 1.807) is 0 Å². The van der Waals surface area contributed by atoms with E-state index < -0.39 is 0 Å². The lowest BCUT2D eigenvalue weighted by atomic mass is 10.0. The van der Waals surface area contributed by atoms with E-state index in [1.807, 2.05) is 42.5 Å². The summed E-state index contributed by atoms with van der Waals surface area (Å²) in [7, 11) is 0. The lowest BCUT2D eigenvalue weighted by molar-refractivity contribution is -0.114. The van der Waals surface area contributed by atoms with Gasteiger partial charge in [0.1, 0.15) is 0 Å². The van der Waals surface area contributed by atoms with Crippen molar-refractivity contribution in [2.45, 2.75) is 19.8 Å². The highest BCUT2D eigenvalue weighted by molar-refractivity contribution is 5.90. The molecule has 1 aliphatic rings. The third-order valence-electron chi connectivity index (χ3n) is 4.37. The largest absolute Gasteiger partial charge is 0.477 e. The summed E-state index contributed by atoms with van der Waals surface area (Å²) in [5.74, 6) is 1.30. The molecule has 4 rings (SSSR count). The monoisotopic (exact) mass is 348 g/mol. The number of carbonyl (C=O) groups excluding carboxylic acids is 1. The van der Waals surface area contributed by atoms with Gasteiger partial charge in [-0.25, -0.2) is 4.98 Å². The maximum atomic E-state index is 11.1. The van der Waals surface area contributed by atoms with Crippen molar-refractivity contribution in [3.8, 4) is 17.0 Å². The van der Waals surface area contributed by atoms with Crippen molar-refractivity contribution in [3.05, 3.63) is 42.5 Å². The number of carbonyl (C=O) groups is 1. The van der Waals surface area contributed by atoms with Crippen molar-refractivity contribution in [1.82, 2.24) is 9.97 Å². The molecule has 0 radical (unpaired) electrons. The van der Waals surface area contributed by atoms with Gasteiger partial charge < -0.3 is 15.8 Å². The molecule has 2 aromatic carbocycles. The van der Waals surface area contributed by atoms with Crippen LogP contribution in [0.5, 0.6) is 5.88 Å². The van der Waals surface area contributed by atoms with E-state index in [4.69, 9.17) is 10.5 Å². The van der Waals surface area contributed by atoms with E-state index in [0.29, 0.717) is 18.4 Å². The van der Waals surface area contributed by atoms with Crippen LogP contribution in [0.2, 0.25) is 0 Å². The van der Waals surface area contributed by atoms with E-state index in [2.05, 4.69) is 15.3 Å². The molecule has 1 aliphatic carbocycles. The van der Waals surface area contributed by atoms with Gasteiger partial charge in [0.15, 0.2) is 0 Å². The minimum atomic E-state index is -0.0874. The molecule has 3 aromatic rings. The number of amides is 1. The number of aromatic nitrogens is 2. The maximum absolute atomic E-state index is 11.1. The third kappa shape index (κ3) is 3.59. The van der Waals surface area contributed by atoms with Crippen LogP contribution in [0.3, 0.4) is 0 Å². The van der Waals surface area contributed by atoms with Crippen LogP contribution in [0.15, 0.2) is 42.5 Å². The predicted octanol–water partition coefficient (Wildman–Crippen LogP) is 3.63. The number of benzene rings is 2. The summed E-state index contributed by atoms with van der Waals surface area (Å²) in [5.41, 5.74) is 9.41. The van der Waals surface area contributed by atoms with Crippen LogP contribution in [0.25, 0.3) is 22.0 Å². The van der Waals surface area contributed by atoms with Crippen LogP contribution in [0.4, 0.5) is 11.6 Å². The molecule has 1 saturated carbocycles. The Hall–Kier alpha value is -3.15. The van der Waals surface area contributed by atoms with Crippen molar-refractivity contribution in [3.63, 3.8) is 0 Å². The Morgan fingerprint density at radius 1 is 1.15 bits per heavy atom. The second kappa shape index (κ2) is 6.63. The highest BCUT2D eigenvalue weighted by atomic mass is 16.5.